The van der Waals surface area contributed by atoms with E-state index in [4.69, 9.17) is 4.74 Å². The van der Waals surface area contributed by atoms with Gasteiger partial charge in [-0.1, -0.05) is 72.8 Å². The molecule has 1 aliphatic rings. The van der Waals surface area contributed by atoms with Crippen LogP contribution in [0.2, 0.25) is 0 Å². The van der Waals surface area contributed by atoms with Crippen LogP contribution in [0.5, 0.6) is 5.75 Å². The van der Waals surface area contributed by atoms with Crippen LogP contribution in [0, 0.1) is 0 Å². The molecule has 5 nitrogen and oxygen atoms in total. The van der Waals surface area contributed by atoms with Gasteiger partial charge >= 0.3 is 0 Å². The molecule has 1 amide bonds. The number of nitrogens with zero attached hydrogens (tertiary/aromatic N) is 2. The summed E-state index contributed by atoms with van der Waals surface area (Å²) in [5, 5.41) is 7.78. The Labute approximate surface area is 230 Å². The van der Waals surface area contributed by atoms with Gasteiger partial charge in [-0.3, -0.25) is 4.79 Å². The molecule has 1 fully saturated rings. The van der Waals surface area contributed by atoms with E-state index >= 15 is 0 Å². The molecule has 2 heterocycles. The summed E-state index contributed by atoms with van der Waals surface area (Å²) in [5.41, 5.74) is 7.21. The zero-order chi connectivity index (χ0) is 25.7. The van der Waals surface area contributed by atoms with E-state index in [0.717, 1.165) is 23.0 Å². The van der Waals surface area contributed by atoms with Crippen molar-refractivity contribution in [2.75, 3.05) is 18.1 Å². The SMILES string of the molecule is O=C(COc1ccc(C2SCCS2)cc1)N/N=C\c1cn(Cc2cccc3ccccc23)c2ccccc12. The molecule has 190 valence electrons. The quantitative estimate of drug-likeness (QED) is 0.174. The minimum Gasteiger partial charge on any atom is -0.484 e. The third kappa shape index (κ3) is 5.44. The topological polar surface area (TPSA) is 55.6 Å². The van der Waals surface area contributed by atoms with Gasteiger partial charge in [-0.2, -0.15) is 5.10 Å². The predicted octanol–water partition coefficient (Wildman–Crippen LogP) is 6.85. The highest BCUT2D eigenvalue weighted by molar-refractivity contribution is 8.19. The Balaban J connectivity index is 1.11. The first-order chi connectivity index (χ1) is 18.7. The van der Waals surface area contributed by atoms with E-state index in [1.165, 1.54) is 33.4 Å². The molecule has 1 aromatic heterocycles. The van der Waals surface area contributed by atoms with Crippen molar-refractivity contribution in [1.29, 1.82) is 0 Å². The highest BCUT2D eigenvalue weighted by Gasteiger charge is 2.18. The van der Waals surface area contributed by atoms with Crippen molar-refractivity contribution < 1.29 is 9.53 Å². The van der Waals surface area contributed by atoms with Crippen LogP contribution in [0.4, 0.5) is 0 Å². The Hall–Kier alpha value is -3.68. The number of fused-ring (bicyclic) bond motifs is 2. The fourth-order valence-electron chi connectivity index (χ4n) is 4.75. The number of para-hydroxylation sites is 1. The number of rotatable bonds is 8. The Morgan fingerprint density at radius 3 is 2.50 bits per heavy atom. The Bertz CT molecular complexity index is 1600. The van der Waals surface area contributed by atoms with Crippen molar-refractivity contribution in [3.8, 4) is 5.75 Å². The van der Waals surface area contributed by atoms with E-state index in [0.29, 0.717) is 10.3 Å². The molecule has 0 spiro atoms. The summed E-state index contributed by atoms with van der Waals surface area (Å²) in [7, 11) is 0. The number of hydrazone groups is 1. The number of amides is 1. The molecule has 0 unspecified atom stereocenters. The second kappa shape index (κ2) is 11.4. The number of carbonyl (C=O) groups is 1. The third-order valence-electron chi connectivity index (χ3n) is 6.58. The van der Waals surface area contributed by atoms with E-state index in [2.05, 4.69) is 88.0 Å². The van der Waals surface area contributed by atoms with Gasteiger partial charge in [0.25, 0.3) is 5.91 Å². The molecule has 1 saturated heterocycles. The molecule has 1 N–H and O–H groups in total. The van der Waals surface area contributed by atoms with Crippen molar-refractivity contribution in [2.45, 2.75) is 11.1 Å². The standard InChI is InChI=1S/C31H27N3O2S2/c35-30(21-36-26-14-12-23(13-15-26)31-37-16-17-38-31)33-32-18-25-20-34(29-11-4-3-10-28(25)29)19-24-8-5-7-22-6-1-2-9-27(22)24/h1-15,18,20,31H,16-17,19,21H2,(H,33,35)/b32-18-. The van der Waals surface area contributed by atoms with Gasteiger partial charge in [0.1, 0.15) is 5.75 Å². The van der Waals surface area contributed by atoms with Crippen LogP contribution in [0.25, 0.3) is 21.7 Å². The molecule has 38 heavy (non-hydrogen) atoms. The van der Waals surface area contributed by atoms with E-state index in [1.807, 2.05) is 47.8 Å². The number of ether oxygens (including phenoxy) is 1. The highest BCUT2D eigenvalue weighted by atomic mass is 32.2. The summed E-state index contributed by atoms with van der Waals surface area (Å²) in [4.78, 5) is 12.4. The van der Waals surface area contributed by atoms with Crippen molar-refractivity contribution >= 4 is 57.3 Å². The lowest BCUT2D eigenvalue weighted by Crippen LogP contribution is -2.24. The normalized spacial score (nSPS) is 14.0. The van der Waals surface area contributed by atoms with Gasteiger partial charge in [0, 0.05) is 40.7 Å². The van der Waals surface area contributed by atoms with Gasteiger partial charge in [-0.25, -0.2) is 5.43 Å². The molecule has 0 atom stereocenters. The summed E-state index contributed by atoms with van der Waals surface area (Å²) in [6.07, 6.45) is 3.78. The first kappa shape index (κ1) is 24.6. The van der Waals surface area contributed by atoms with E-state index in [-0.39, 0.29) is 12.5 Å². The van der Waals surface area contributed by atoms with Crippen LogP contribution in [-0.2, 0) is 11.3 Å². The minimum absolute atomic E-state index is 0.0908. The van der Waals surface area contributed by atoms with Crippen molar-refractivity contribution in [3.63, 3.8) is 0 Å². The fourth-order valence-corrected chi connectivity index (χ4v) is 7.61. The third-order valence-corrected chi connectivity index (χ3v) is 9.68. The van der Waals surface area contributed by atoms with Crippen LogP contribution in [-0.4, -0.2) is 34.8 Å². The van der Waals surface area contributed by atoms with E-state index in [1.54, 1.807) is 6.21 Å². The van der Waals surface area contributed by atoms with E-state index in [9.17, 15) is 4.79 Å². The number of hydrogen-bond donors (Lipinski definition) is 1. The zero-order valence-electron chi connectivity index (χ0n) is 20.7. The highest BCUT2D eigenvalue weighted by Crippen LogP contribution is 2.45. The summed E-state index contributed by atoms with van der Waals surface area (Å²) < 4.78 is 8.39. The number of hydrogen-bond acceptors (Lipinski definition) is 5. The zero-order valence-corrected chi connectivity index (χ0v) is 22.4. The Morgan fingerprint density at radius 2 is 1.66 bits per heavy atom. The van der Waals surface area contributed by atoms with Gasteiger partial charge in [0.15, 0.2) is 6.61 Å². The van der Waals surface area contributed by atoms with Gasteiger partial charge in [-0.05, 0) is 40.1 Å². The fraction of sp³-hybridized carbons (Fsp3) is 0.161. The van der Waals surface area contributed by atoms with E-state index < -0.39 is 0 Å². The number of thioether (sulfide) groups is 2. The number of aromatic nitrogens is 1. The summed E-state index contributed by atoms with van der Waals surface area (Å²) >= 11 is 3.94. The smallest absolute Gasteiger partial charge is 0.277 e. The number of nitrogens with one attached hydrogen (secondary N) is 1. The summed E-state index contributed by atoms with van der Waals surface area (Å²) in [6.45, 7) is 0.652. The number of benzene rings is 4. The van der Waals surface area contributed by atoms with Crippen molar-refractivity contribution in [3.05, 3.63) is 114 Å². The molecule has 4 aromatic carbocycles. The number of carbonyl (C=O) groups excluding carboxylic acids is 1. The molecule has 1 aliphatic heterocycles. The average molecular weight is 538 g/mol. The second-order valence-corrected chi connectivity index (χ2v) is 11.8. The first-order valence-electron chi connectivity index (χ1n) is 12.6. The first-order valence-corrected chi connectivity index (χ1v) is 14.7. The van der Waals surface area contributed by atoms with Gasteiger partial charge in [-0.15, -0.1) is 23.5 Å². The van der Waals surface area contributed by atoms with Gasteiger partial charge in [0.05, 0.1) is 10.8 Å². The molecular formula is C31H27N3O2S2. The maximum atomic E-state index is 12.4. The van der Waals surface area contributed by atoms with Crippen LogP contribution in [0.15, 0.2) is 102 Å². The molecule has 7 heteroatoms. The van der Waals surface area contributed by atoms with Gasteiger partial charge < -0.3 is 9.30 Å². The largest absolute Gasteiger partial charge is 0.484 e. The van der Waals surface area contributed by atoms with Crippen molar-refractivity contribution in [2.24, 2.45) is 5.10 Å². The molecule has 0 radical (unpaired) electrons. The Morgan fingerprint density at radius 1 is 0.921 bits per heavy atom. The van der Waals surface area contributed by atoms with Crippen LogP contribution in [0.3, 0.4) is 0 Å². The lowest BCUT2D eigenvalue weighted by molar-refractivity contribution is -0.123. The van der Waals surface area contributed by atoms with Crippen LogP contribution >= 0.6 is 23.5 Å². The van der Waals surface area contributed by atoms with Crippen LogP contribution < -0.4 is 10.2 Å². The maximum Gasteiger partial charge on any atom is 0.277 e. The Kier molecular flexibility index (Phi) is 7.38. The monoisotopic (exact) mass is 537 g/mol. The summed E-state index contributed by atoms with van der Waals surface area (Å²) in [6, 6.07) is 31.1. The lowest BCUT2D eigenvalue weighted by atomic mass is 10.0. The molecule has 0 aliphatic carbocycles. The minimum atomic E-state index is -0.299. The molecular weight excluding hydrogens is 510 g/mol. The molecule has 0 saturated carbocycles. The lowest BCUT2D eigenvalue weighted by Gasteiger charge is -2.10. The van der Waals surface area contributed by atoms with Crippen molar-refractivity contribution in [1.82, 2.24) is 9.99 Å². The predicted molar refractivity (Wildman–Crippen MR) is 160 cm³/mol. The van der Waals surface area contributed by atoms with Crippen LogP contribution in [0.1, 0.15) is 21.3 Å². The molecule has 5 aromatic rings. The second-order valence-electron chi connectivity index (χ2n) is 9.09. The van der Waals surface area contributed by atoms with Gasteiger partial charge in [0.2, 0.25) is 0 Å². The average Bonchev–Trinajstić information content (AvgIpc) is 3.62. The molecule has 0 bridgehead atoms. The maximum absolute atomic E-state index is 12.4. The summed E-state index contributed by atoms with van der Waals surface area (Å²) in [5.74, 6) is 2.77. The molecule has 6 rings (SSSR count).